The Labute approximate surface area is 89.8 Å². The molecule has 7 heteroatoms. The number of hydrogen-bond donors (Lipinski definition) is 1. The van der Waals surface area contributed by atoms with Crippen LogP contribution in [0.1, 0.15) is 12.8 Å². The van der Waals surface area contributed by atoms with Crippen molar-refractivity contribution in [2.45, 2.75) is 25.1 Å². The minimum atomic E-state index is -4.85. The fourth-order valence-corrected chi connectivity index (χ4v) is 2.37. The second-order valence-electron chi connectivity index (χ2n) is 4.06. The Balaban J connectivity index is 2.16. The van der Waals surface area contributed by atoms with Gasteiger partial charge >= 0.3 is 12.1 Å². The summed E-state index contributed by atoms with van der Waals surface area (Å²) in [5.74, 6) is -2.55. The first-order chi connectivity index (χ1) is 7.41. The van der Waals surface area contributed by atoms with Gasteiger partial charge in [-0.05, 0) is 12.8 Å². The number of hydrogen-bond acceptors (Lipinski definition) is 2. The molecule has 2 atom stereocenters. The van der Waals surface area contributed by atoms with E-state index in [9.17, 15) is 22.8 Å². The van der Waals surface area contributed by atoms with E-state index in [1.54, 1.807) is 0 Å². The molecule has 2 rings (SSSR count). The fourth-order valence-electron chi connectivity index (χ4n) is 2.37. The van der Waals surface area contributed by atoms with Crippen molar-refractivity contribution >= 4 is 11.8 Å². The molecule has 0 aliphatic carbocycles. The van der Waals surface area contributed by atoms with Crippen LogP contribution in [0.3, 0.4) is 0 Å². The molecule has 90 valence electrons. The van der Waals surface area contributed by atoms with Crippen molar-refractivity contribution in [1.29, 1.82) is 0 Å². The van der Waals surface area contributed by atoms with Gasteiger partial charge in [0.05, 0.1) is 12.0 Å². The van der Waals surface area contributed by atoms with E-state index < -0.39 is 24.0 Å². The van der Waals surface area contributed by atoms with E-state index in [0.29, 0.717) is 12.8 Å². The molecule has 0 aromatic heterocycles. The Bertz CT molecular complexity index is 329. The average molecular weight is 236 g/mol. The van der Waals surface area contributed by atoms with Crippen LogP contribution in [-0.2, 0) is 9.59 Å². The normalized spacial score (nSPS) is 29.9. The summed E-state index contributed by atoms with van der Waals surface area (Å²) in [5.41, 5.74) is 0. The maximum absolute atomic E-state index is 12.3. The third-order valence-corrected chi connectivity index (χ3v) is 3.10. The van der Waals surface area contributed by atoms with E-state index in [4.69, 9.17) is 0 Å². The quantitative estimate of drug-likeness (QED) is 0.657. The summed E-state index contributed by atoms with van der Waals surface area (Å²) in [5, 5.41) is 2.50. The van der Waals surface area contributed by atoms with Crippen LogP contribution in [0.15, 0.2) is 0 Å². The van der Waals surface area contributed by atoms with E-state index in [0.717, 1.165) is 4.90 Å². The molecule has 2 unspecified atom stereocenters. The SMILES string of the molecule is O=C1NCC2C1CCCN2C(=O)C(F)(F)F. The zero-order valence-corrected chi connectivity index (χ0v) is 8.38. The number of carbonyl (C=O) groups excluding carboxylic acids is 2. The summed E-state index contributed by atoms with van der Waals surface area (Å²) in [4.78, 5) is 23.2. The van der Waals surface area contributed by atoms with E-state index in [-0.39, 0.29) is 19.0 Å². The number of nitrogens with one attached hydrogen (secondary N) is 1. The minimum absolute atomic E-state index is 0.0778. The molecule has 16 heavy (non-hydrogen) atoms. The number of likely N-dealkylation sites (tertiary alicyclic amines) is 1. The van der Waals surface area contributed by atoms with Gasteiger partial charge in [-0.25, -0.2) is 0 Å². The zero-order valence-electron chi connectivity index (χ0n) is 8.38. The highest BCUT2D eigenvalue weighted by molar-refractivity contribution is 5.86. The first kappa shape index (κ1) is 11.2. The zero-order chi connectivity index (χ0) is 11.9. The number of fused-ring (bicyclic) bond motifs is 1. The lowest BCUT2D eigenvalue weighted by Gasteiger charge is -2.36. The molecule has 2 fully saturated rings. The molecule has 0 bridgehead atoms. The Morgan fingerprint density at radius 2 is 2.12 bits per heavy atom. The number of halogens is 3. The third kappa shape index (κ3) is 1.74. The molecule has 2 saturated heterocycles. The number of carbonyl (C=O) groups is 2. The molecule has 0 aromatic rings. The number of amides is 2. The van der Waals surface area contributed by atoms with Crippen molar-refractivity contribution < 1.29 is 22.8 Å². The molecule has 2 aliphatic rings. The third-order valence-electron chi connectivity index (χ3n) is 3.10. The highest BCUT2D eigenvalue weighted by Crippen LogP contribution is 2.30. The molecule has 2 heterocycles. The van der Waals surface area contributed by atoms with E-state index in [2.05, 4.69) is 5.32 Å². The smallest absolute Gasteiger partial charge is 0.354 e. The van der Waals surface area contributed by atoms with E-state index in [1.165, 1.54) is 0 Å². The summed E-state index contributed by atoms with van der Waals surface area (Å²) in [6, 6.07) is -0.629. The van der Waals surface area contributed by atoms with Crippen LogP contribution in [0.2, 0.25) is 0 Å². The first-order valence-electron chi connectivity index (χ1n) is 5.07. The Morgan fingerprint density at radius 1 is 1.44 bits per heavy atom. The standard InChI is InChI=1S/C9H11F3N2O2/c10-9(11,12)8(16)14-3-1-2-5-6(14)4-13-7(5)15/h5-6H,1-4H2,(H,13,15). The summed E-state index contributed by atoms with van der Waals surface area (Å²) in [6.07, 6.45) is -3.86. The topological polar surface area (TPSA) is 49.4 Å². The Kier molecular flexibility index (Phi) is 2.55. The van der Waals surface area contributed by atoms with Gasteiger partial charge < -0.3 is 10.2 Å². The maximum atomic E-state index is 12.3. The molecule has 0 aromatic carbocycles. The van der Waals surface area contributed by atoms with Gasteiger partial charge in [-0.15, -0.1) is 0 Å². The van der Waals surface area contributed by atoms with Crippen LogP contribution in [0.5, 0.6) is 0 Å². The predicted molar refractivity (Wildman–Crippen MR) is 47.3 cm³/mol. The van der Waals surface area contributed by atoms with Gasteiger partial charge in [0.2, 0.25) is 5.91 Å². The molecule has 2 amide bonds. The second-order valence-corrected chi connectivity index (χ2v) is 4.06. The second kappa shape index (κ2) is 3.64. The Hall–Kier alpha value is -1.27. The summed E-state index contributed by atoms with van der Waals surface area (Å²) >= 11 is 0. The minimum Gasteiger partial charge on any atom is -0.354 e. The lowest BCUT2D eigenvalue weighted by molar-refractivity contribution is -0.189. The largest absolute Gasteiger partial charge is 0.471 e. The van der Waals surface area contributed by atoms with Crippen LogP contribution in [0.4, 0.5) is 13.2 Å². The van der Waals surface area contributed by atoms with E-state index >= 15 is 0 Å². The van der Waals surface area contributed by atoms with Gasteiger partial charge in [0.25, 0.3) is 0 Å². The van der Waals surface area contributed by atoms with Crippen LogP contribution in [-0.4, -0.2) is 42.0 Å². The lowest BCUT2D eigenvalue weighted by atomic mass is 9.91. The van der Waals surface area contributed by atoms with Crippen molar-refractivity contribution in [3.8, 4) is 0 Å². The van der Waals surface area contributed by atoms with E-state index in [1.807, 2.05) is 0 Å². The number of rotatable bonds is 0. The fraction of sp³-hybridized carbons (Fsp3) is 0.778. The van der Waals surface area contributed by atoms with Crippen LogP contribution in [0.25, 0.3) is 0 Å². The maximum Gasteiger partial charge on any atom is 0.471 e. The lowest BCUT2D eigenvalue weighted by Crippen LogP contribution is -2.53. The summed E-state index contributed by atoms with van der Waals surface area (Å²) < 4.78 is 36.9. The van der Waals surface area contributed by atoms with Crippen molar-refractivity contribution in [3.05, 3.63) is 0 Å². The summed E-state index contributed by atoms with van der Waals surface area (Å²) in [7, 11) is 0. The van der Waals surface area contributed by atoms with Gasteiger partial charge in [0, 0.05) is 13.1 Å². The monoisotopic (exact) mass is 236 g/mol. The highest BCUT2D eigenvalue weighted by Gasteiger charge is 2.50. The van der Waals surface area contributed by atoms with Crippen LogP contribution < -0.4 is 5.32 Å². The van der Waals surface area contributed by atoms with Crippen molar-refractivity contribution in [1.82, 2.24) is 10.2 Å². The van der Waals surface area contributed by atoms with Crippen LogP contribution in [0, 0.1) is 5.92 Å². The van der Waals surface area contributed by atoms with Gasteiger partial charge in [-0.3, -0.25) is 9.59 Å². The first-order valence-corrected chi connectivity index (χ1v) is 5.07. The summed E-state index contributed by atoms with van der Waals surface area (Å²) in [6.45, 7) is 0.208. The number of nitrogens with zero attached hydrogens (tertiary/aromatic N) is 1. The van der Waals surface area contributed by atoms with Crippen molar-refractivity contribution in [2.24, 2.45) is 5.92 Å². The van der Waals surface area contributed by atoms with Gasteiger partial charge in [-0.2, -0.15) is 13.2 Å². The molecule has 4 nitrogen and oxygen atoms in total. The Morgan fingerprint density at radius 3 is 2.75 bits per heavy atom. The van der Waals surface area contributed by atoms with Crippen molar-refractivity contribution in [3.63, 3.8) is 0 Å². The highest BCUT2D eigenvalue weighted by atomic mass is 19.4. The molecule has 2 aliphatic heterocycles. The van der Waals surface area contributed by atoms with Gasteiger partial charge in [0.15, 0.2) is 0 Å². The average Bonchev–Trinajstić information content (AvgIpc) is 2.58. The molecule has 0 radical (unpaired) electrons. The molecule has 0 saturated carbocycles. The predicted octanol–water partition coefficient (Wildman–Crippen LogP) is 0.286. The number of piperidine rings is 1. The van der Waals surface area contributed by atoms with Crippen molar-refractivity contribution in [2.75, 3.05) is 13.1 Å². The molecule has 0 spiro atoms. The molecular weight excluding hydrogens is 225 g/mol. The van der Waals surface area contributed by atoms with Gasteiger partial charge in [0.1, 0.15) is 0 Å². The molecular formula is C9H11F3N2O2. The molecule has 1 N–H and O–H groups in total. The van der Waals surface area contributed by atoms with Crippen LogP contribution >= 0.6 is 0 Å². The number of alkyl halides is 3. The van der Waals surface area contributed by atoms with Gasteiger partial charge in [-0.1, -0.05) is 0 Å².